The van der Waals surface area contributed by atoms with Gasteiger partial charge in [-0.25, -0.2) is 0 Å². The van der Waals surface area contributed by atoms with E-state index in [0.717, 1.165) is 4.47 Å². The zero-order chi connectivity index (χ0) is 13.0. The number of aromatic nitrogens is 1. The Labute approximate surface area is 117 Å². The number of rotatable bonds is 4. The lowest BCUT2D eigenvalue weighted by Gasteiger charge is -2.21. The van der Waals surface area contributed by atoms with Crippen molar-refractivity contribution in [3.63, 3.8) is 0 Å². The van der Waals surface area contributed by atoms with Crippen LogP contribution >= 0.6 is 15.9 Å². The summed E-state index contributed by atoms with van der Waals surface area (Å²) in [6.07, 6.45) is 3.66. The Morgan fingerprint density at radius 3 is 2.33 bits per heavy atom. The normalized spacial score (nSPS) is 14.2. The lowest BCUT2D eigenvalue weighted by atomic mass is 10.1. The SMILES string of the molecule is CC(NC(C)c1ccccc1Br)c1ccncc1. The maximum atomic E-state index is 4.04. The van der Waals surface area contributed by atoms with Crippen molar-refractivity contribution in [1.82, 2.24) is 10.3 Å². The summed E-state index contributed by atoms with van der Waals surface area (Å²) in [7, 11) is 0. The minimum Gasteiger partial charge on any atom is -0.304 e. The van der Waals surface area contributed by atoms with Crippen LogP contribution in [0.3, 0.4) is 0 Å². The van der Waals surface area contributed by atoms with E-state index in [-0.39, 0.29) is 0 Å². The molecule has 1 heterocycles. The number of nitrogens with one attached hydrogen (secondary N) is 1. The highest BCUT2D eigenvalue weighted by atomic mass is 79.9. The molecule has 2 aromatic rings. The maximum Gasteiger partial charge on any atom is 0.0308 e. The molecule has 2 rings (SSSR count). The van der Waals surface area contributed by atoms with Crippen molar-refractivity contribution >= 4 is 15.9 Å². The van der Waals surface area contributed by atoms with E-state index in [1.165, 1.54) is 11.1 Å². The van der Waals surface area contributed by atoms with Gasteiger partial charge < -0.3 is 5.32 Å². The smallest absolute Gasteiger partial charge is 0.0308 e. The molecule has 2 nitrogen and oxygen atoms in total. The zero-order valence-electron chi connectivity index (χ0n) is 10.6. The molecule has 0 aliphatic heterocycles. The summed E-state index contributed by atoms with van der Waals surface area (Å²) in [5.41, 5.74) is 2.53. The molecule has 0 bridgehead atoms. The minimum atomic E-state index is 0.295. The number of benzene rings is 1. The fourth-order valence-corrected chi connectivity index (χ4v) is 2.67. The second-order valence-electron chi connectivity index (χ2n) is 4.41. The molecule has 2 unspecified atom stereocenters. The van der Waals surface area contributed by atoms with Crippen LogP contribution in [-0.2, 0) is 0 Å². The minimum absolute atomic E-state index is 0.295. The summed E-state index contributed by atoms with van der Waals surface area (Å²) in [6.45, 7) is 4.35. The highest BCUT2D eigenvalue weighted by Crippen LogP contribution is 2.25. The average Bonchev–Trinajstić information content (AvgIpc) is 2.40. The molecular weight excluding hydrogens is 288 g/mol. The molecule has 1 aromatic carbocycles. The van der Waals surface area contributed by atoms with Crippen LogP contribution < -0.4 is 5.32 Å². The van der Waals surface area contributed by atoms with E-state index < -0.39 is 0 Å². The van der Waals surface area contributed by atoms with E-state index in [1.807, 2.05) is 30.6 Å². The number of halogens is 1. The molecule has 2 atom stereocenters. The van der Waals surface area contributed by atoms with E-state index in [1.54, 1.807) is 0 Å². The van der Waals surface area contributed by atoms with Gasteiger partial charge in [0.25, 0.3) is 0 Å². The average molecular weight is 305 g/mol. The number of pyridine rings is 1. The Hall–Kier alpha value is -1.19. The van der Waals surface area contributed by atoms with Gasteiger partial charge in [-0.1, -0.05) is 34.1 Å². The predicted octanol–water partition coefficient (Wildman–Crippen LogP) is 4.26. The molecule has 0 spiro atoms. The second-order valence-corrected chi connectivity index (χ2v) is 5.27. The van der Waals surface area contributed by atoms with E-state index in [0.29, 0.717) is 12.1 Å². The summed E-state index contributed by atoms with van der Waals surface area (Å²) in [4.78, 5) is 4.04. The van der Waals surface area contributed by atoms with Gasteiger partial charge >= 0.3 is 0 Å². The predicted molar refractivity (Wildman–Crippen MR) is 78.3 cm³/mol. The monoisotopic (exact) mass is 304 g/mol. The number of hydrogen-bond donors (Lipinski definition) is 1. The Morgan fingerprint density at radius 2 is 1.67 bits per heavy atom. The highest BCUT2D eigenvalue weighted by Gasteiger charge is 2.12. The van der Waals surface area contributed by atoms with E-state index in [9.17, 15) is 0 Å². The maximum absolute atomic E-state index is 4.04. The van der Waals surface area contributed by atoms with E-state index in [2.05, 4.69) is 58.3 Å². The van der Waals surface area contributed by atoms with Gasteiger partial charge in [0.1, 0.15) is 0 Å². The van der Waals surface area contributed by atoms with Crippen molar-refractivity contribution in [3.05, 3.63) is 64.4 Å². The summed E-state index contributed by atoms with van der Waals surface area (Å²) < 4.78 is 1.15. The van der Waals surface area contributed by atoms with Gasteiger partial charge in [-0.15, -0.1) is 0 Å². The molecule has 0 aliphatic carbocycles. The molecule has 3 heteroatoms. The first kappa shape index (κ1) is 13.2. The Morgan fingerprint density at radius 1 is 1.00 bits per heavy atom. The van der Waals surface area contributed by atoms with Crippen molar-refractivity contribution in [1.29, 1.82) is 0 Å². The van der Waals surface area contributed by atoms with Gasteiger partial charge in [0.2, 0.25) is 0 Å². The lowest BCUT2D eigenvalue weighted by Crippen LogP contribution is -2.22. The molecule has 0 radical (unpaired) electrons. The molecule has 0 saturated carbocycles. The summed E-state index contributed by atoms with van der Waals surface area (Å²) >= 11 is 3.59. The van der Waals surface area contributed by atoms with Crippen LogP contribution in [-0.4, -0.2) is 4.98 Å². The van der Waals surface area contributed by atoms with Gasteiger partial charge in [0.05, 0.1) is 0 Å². The first-order valence-electron chi connectivity index (χ1n) is 6.09. The standard InChI is InChI=1S/C15H17BrN2/c1-11(13-7-9-17-10-8-13)18-12(2)14-5-3-4-6-15(14)16/h3-12,18H,1-2H3. The highest BCUT2D eigenvalue weighted by molar-refractivity contribution is 9.10. The van der Waals surface area contributed by atoms with Gasteiger partial charge in [0.15, 0.2) is 0 Å². The Kier molecular flexibility index (Phi) is 4.50. The Bertz CT molecular complexity index is 499. The van der Waals surface area contributed by atoms with Crippen molar-refractivity contribution < 1.29 is 0 Å². The van der Waals surface area contributed by atoms with Crippen LogP contribution in [0.15, 0.2) is 53.3 Å². The third-order valence-electron chi connectivity index (χ3n) is 3.08. The molecule has 1 aromatic heterocycles. The molecular formula is C15H17BrN2. The van der Waals surface area contributed by atoms with Crippen LogP contribution in [0.1, 0.15) is 37.1 Å². The second kappa shape index (κ2) is 6.12. The van der Waals surface area contributed by atoms with Crippen LogP contribution in [0, 0.1) is 0 Å². The van der Waals surface area contributed by atoms with Crippen LogP contribution in [0.25, 0.3) is 0 Å². The van der Waals surface area contributed by atoms with Crippen molar-refractivity contribution in [2.24, 2.45) is 0 Å². The van der Waals surface area contributed by atoms with Crippen LogP contribution in [0.5, 0.6) is 0 Å². The van der Waals surface area contributed by atoms with Gasteiger partial charge in [0, 0.05) is 29.0 Å². The topological polar surface area (TPSA) is 24.9 Å². The third-order valence-corrected chi connectivity index (χ3v) is 3.80. The Balaban J connectivity index is 2.08. The molecule has 1 N–H and O–H groups in total. The van der Waals surface area contributed by atoms with Crippen molar-refractivity contribution in [2.45, 2.75) is 25.9 Å². The molecule has 0 saturated heterocycles. The molecule has 18 heavy (non-hydrogen) atoms. The summed E-state index contributed by atoms with van der Waals surface area (Å²) in [5, 5.41) is 3.60. The molecule has 0 amide bonds. The van der Waals surface area contributed by atoms with Gasteiger partial charge in [-0.2, -0.15) is 0 Å². The molecule has 94 valence electrons. The molecule has 0 fully saturated rings. The van der Waals surface area contributed by atoms with Crippen LogP contribution in [0.2, 0.25) is 0 Å². The fourth-order valence-electron chi connectivity index (χ4n) is 2.04. The van der Waals surface area contributed by atoms with E-state index in [4.69, 9.17) is 0 Å². The van der Waals surface area contributed by atoms with Crippen molar-refractivity contribution in [2.75, 3.05) is 0 Å². The number of nitrogens with zero attached hydrogens (tertiary/aromatic N) is 1. The first-order chi connectivity index (χ1) is 8.68. The third kappa shape index (κ3) is 3.18. The fraction of sp³-hybridized carbons (Fsp3) is 0.267. The van der Waals surface area contributed by atoms with Crippen molar-refractivity contribution in [3.8, 4) is 0 Å². The van der Waals surface area contributed by atoms with Gasteiger partial charge in [-0.3, -0.25) is 4.98 Å². The van der Waals surface area contributed by atoms with E-state index >= 15 is 0 Å². The summed E-state index contributed by atoms with van der Waals surface area (Å²) in [6, 6.07) is 13.0. The first-order valence-corrected chi connectivity index (χ1v) is 6.88. The van der Waals surface area contributed by atoms with Crippen LogP contribution in [0.4, 0.5) is 0 Å². The quantitative estimate of drug-likeness (QED) is 0.913. The zero-order valence-corrected chi connectivity index (χ0v) is 12.2. The number of hydrogen-bond acceptors (Lipinski definition) is 2. The largest absolute Gasteiger partial charge is 0.304 e. The molecule has 0 aliphatic rings. The van der Waals surface area contributed by atoms with Gasteiger partial charge in [-0.05, 0) is 43.2 Å². The summed E-state index contributed by atoms with van der Waals surface area (Å²) in [5.74, 6) is 0. The lowest BCUT2D eigenvalue weighted by molar-refractivity contribution is 0.493.